The predicted molar refractivity (Wildman–Crippen MR) is 119 cm³/mol. The highest BCUT2D eigenvalue weighted by Crippen LogP contribution is 2.37. The van der Waals surface area contributed by atoms with Crippen molar-refractivity contribution in [3.63, 3.8) is 0 Å². The first-order valence-electron chi connectivity index (χ1n) is 10.7. The molecule has 0 atom stereocenters. The van der Waals surface area contributed by atoms with Gasteiger partial charge in [-0.2, -0.15) is 23.0 Å². The molecule has 0 unspecified atom stereocenters. The summed E-state index contributed by atoms with van der Waals surface area (Å²) in [6.07, 6.45) is -0.640. The minimum absolute atomic E-state index is 0.225. The number of alkyl halides is 3. The van der Waals surface area contributed by atoms with Gasteiger partial charge in [-0.25, -0.2) is 0 Å². The Labute approximate surface area is 188 Å². The highest BCUT2D eigenvalue weighted by Gasteiger charge is 2.36. The summed E-state index contributed by atoms with van der Waals surface area (Å²) in [6.45, 7) is 1.57. The van der Waals surface area contributed by atoms with Gasteiger partial charge >= 0.3 is 6.18 Å². The smallest absolute Gasteiger partial charge is 0.371 e. The molecule has 32 heavy (non-hydrogen) atoms. The van der Waals surface area contributed by atoms with Crippen LogP contribution in [0.15, 0.2) is 47.3 Å². The fraction of sp³-hybridized carbons (Fsp3) is 0.333. The topological polar surface area (TPSA) is 38.1 Å². The molecule has 2 heterocycles. The van der Waals surface area contributed by atoms with Crippen molar-refractivity contribution in [2.45, 2.75) is 38.3 Å². The number of nitrogens with zero attached hydrogens (tertiary/aromatic N) is 3. The molecular formula is C24H21ClF3N3O. The van der Waals surface area contributed by atoms with Crippen molar-refractivity contribution in [2.75, 3.05) is 18.0 Å². The standard InChI is InChI=1S/C24H21ClF3N3O/c25-16-8-6-15(7-9-16)22-18-4-3-5-19(18)23(32)31(29-22)21-14-17(30-12-1-2-13-30)10-11-20(21)24(26,27)28/h6-11,14H,1-5,12-13H2. The molecule has 0 saturated carbocycles. The quantitative estimate of drug-likeness (QED) is 0.507. The van der Waals surface area contributed by atoms with Crippen LogP contribution in [0, 0.1) is 0 Å². The molecule has 5 rings (SSSR count). The third-order valence-corrected chi connectivity index (χ3v) is 6.51. The average Bonchev–Trinajstić information content (AvgIpc) is 3.47. The zero-order chi connectivity index (χ0) is 22.5. The van der Waals surface area contributed by atoms with E-state index in [-0.39, 0.29) is 5.69 Å². The van der Waals surface area contributed by atoms with Crippen molar-refractivity contribution in [1.82, 2.24) is 9.78 Å². The third kappa shape index (κ3) is 3.68. The monoisotopic (exact) mass is 459 g/mol. The number of fused-ring (bicyclic) bond motifs is 1. The number of halogens is 4. The molecule has 0 radical (unpaired) electrons. The zero-order valence-corrected chi connectivity index (χ0v) is 18.0. The molecule has 1 aromatic heterocycles. The highest BCUT2D eigenvalue weighted by molar-refractivity contribution is 6.30. The fourth-order valence-corrected chi connectivity index (χ4v) is 4.81. The van der Waals surface area contributed by atoms with E-state index < -0.39 is 17.3 Å². The molecule has 4 nitrogen and oxygen atoms in total. The van der Waals surface area contributed by atoms with E-state index in [1.165, 1.54) is 12.1 Å². The second kappa shape index (κ2) is 7.96. The highest BCUT2D eigenvalue weighted by atomic mass is 35.5. The van der Waals surface area contributed by atoms with Crippen molar-refractivity contribution < 1.29 is 13.2 Å². The van der Waals surface area contributed by atoms with Crippen LogP contribution in [-0.2, 0) is 19.0 Å². The van der Waals surface area contributed by atoms with Gasteiger partial charge in [-0.05, 0) is 68.0 Å². The van der Waals surface area contributed by atoms with Crippen molar-refractivity contribution in [3.05, 3.63) is 74.5 Å². The van der Waals surface area contributed by atoms with Crippen LogP contribution >= 0.6 is 11.6 Å². The van der Waals surface area contributed by atoms with Crippen LogP contribution in [0.5, 0.6) is 0 Å². The Morgan fingerprint density at radius 3 is 2.28 bits per heavy atom. The lowest BCUT2D eigenvalue weighted by molar-refractivity contribution is -0.137. The second-order valence-electron chi connectivity index (χ2n) is 8.28. The van der Waals surface area contributed by atoms with Gasteiger partial charge in [-0.3, -0.25) is 4.79 Å². The van der Waals surface area contributed by atoms with Gasteiger partial charge in [0, 0.05) is 34.9 Å². The molecule has 8 heteroatoms. The molecule has 2 aliphatic rings. The van der Waals surface area contributed by atoms with Crippen molar-refractivity contribution >= 4 is 17.3 Å². The predicted octanol–water partition coefficient (Wildman–Crippen LogP) is 5.66. The summed E-state index contributed by atoms with van der Waals surface area (Å²) in [5.41, 5.74) is 1.74. The summed E-state index contributed by atoms with van der Waals surface area (Å²) in [5, 5.41) is 5.05. The SMILES string of the molecule is O=c1c2c(c(-c3ccc(Cl)cc3)nn1-c1cc(N3CCCC3)ccc1C(F)(F)F)CCC2. The van der Waals surface area contributed by atoms with E-state index in [0.717, 1.165) is 54.2 Å². The average molecular weight is 460 g/mol. The Bertz CT molecular complexity index is 1230. The van der Waals surface area contributed by atoms with Crippen LogP contribution in [0.3, 0.4) is 0 Å². The maximum absolute atomic E-state index is 13.9. The molecule has 0 spiro atoms. The van der Waals surface area contributed by atoms with Gasteiger partial charge in [0.15, 0.2) is 0 Å². The van der Waals surface area contributed by atoms with E-state index in [0.29, 0.717) is 34.8 Å². The Kier molecular flexibility index (Phi) is 5.24. The Balaban J connectivity index is 1.75. The summed E-state index contributed by atoms with van der Waals surface area (Å²) in [7, 11) is 0. The van der Waals surface area contributed by atoms with E-state index in [4.69, 9.17) is 11.6 Å². The number of hydrogen-bond acceptors (Lipinski definition) is 3. The molecule has 3 aromatic rings. The van der Waals surface area contributed by atoms with Gasteiger partial charge in [0.2, 0.25) is 0 Å². The van der Waals surface area contributed by atoms with Crippen LogP contribution in [0.2, 0.25) is 5.02 Å². The molecular weight excluding hydrogens is 439 g/mol. The molecule has 1 aliphatic carbocycles. The minimum atomic E-state index is -4.61. The first-order valence-corrected chi connectivity index (χ1v) is 11.1. The van der Waals surface area contributed by atoms with Crippen molar-refractivity contribution in [3.8, 4) is 16.9 Å². The van der Waals surface area contributed by atoms with Gasteiger partial charge in [-0.15, -0.1) is 0 Å². The summed E-state index contributed by atoms with van der Waals surface area (Å²) in [4.78, 5) is 15.4. The van der Waals surface area contributed by atoms with Crippen molar-refractivity contribution in [1.29, 1.82) is 0 Å². The third-order valence-electron chi connectivity index (χ3n) is 6.26. The molecule has 0 N–H and O–H groups in total. The van der Waals surface area contributed by atoms with Gasteiger partial charge in [0.25, 0.3) is 5.56 Å². The summed E-state index contributed by atoms with van der Waals surface area (Å²) < 4.78 is 42.8. The molecule has 1 saturated heterocycles. The van der Waals surface area contributed by atoms with Gasteiger partial charge < -0.3 is 4.90 Å². The number of benzene rings is 2. The lowest BCUT2D eigenvalue weighted by Gasteiger charge is -2.22. The minimum Gasteiger partial charge on any atom is -0.371 e. The van der Waals surface area contributed by atoms with Gasteiger partial charge in [0.05, 0.1) is 16.9 Å². The number of rotatable bonds is 3. The summed E-state index contributed by atoms with van der Waals surface area (Å²) in [6, 6.07) is 11.0. The molecule has 0 bridgehead atoms. The Hall–Kier alpha value is -2.80. The van der Waals surface area contributed by atoms with E-state index in [2.05, 4.69) is 5.10 Å². The molecule has 166 valence electrons. The Morgan fingerprint density at radius 2 is 1.59 bits per heavy atom. The van der Waals surface area contributed by atoms with Crippen LogP contribution in [0.25, 0.3) is 16.9 Å². The number of anilines is 1. The molecule has 1 fully saturated rings. The lowest BCUT2D eigenvalue weighted by Crippen LogP contribution is -2.28. The summed E-state index contributed by atoms with van der Waals surface area (Å²) >= 11 is 6.01. The van der Waals surface area contributed by atoms with E-state index in [1.54, 1.807) is 24.3 Å². The van der Waals surface area contributed by atoms with Crippen LogP contribution in [-0.4, -0.2) is 22.9 Å². The van der Waals surface area contributed by atoms with Crippen LogP contribution in [0.1, 0.15) is 36.0 Å². The van der Waals surface area contributed by atoms with Crippen LogP contribution in [0.4, 0.5) is 18.9 Å². The Morgan fingerprint density at radius 1 is 0.906 bits per heavy atom. The van der Waals surface area contributed by atoms with E-state index in [1.807, 2.05) is 4.90 Å². The van der Waals surface area contributed by atoms with Crippen LogP contribution < -0.4 is 10.5 Å². The molecule has 0 amide bonds. The first kappa shape index (κ1) is 21.1. The normalized spacial score (nSPS) is 15.9. The molecule has 2 aromatic carbocycles. The lowest BCUT2D eigenvalue weighted by atomic mass is 10.0. The zero-order valence-electron chi connectivity index (χ0n) is 17.3. The number of hydrogen-bond donors (Lipinski definition) is 0. The number of aromatic nitrogens is 2. The first-order chi connectivity index (χ1) is 15.3. The second-order valence-corrected chi connectivity index (χ2v) is 8.71. The largest absolute Gasteiger partial charge is 0.418 e. The fourth-order valence-electron chi connectivity index (χ4n) is 4.68. The maximum atomic E-state index is 13.9. The van der Waals surface area contributed by atoms with E-state index in [9.17, 15) is 18.0 Å². The molecule has 1 aliphatic heterocycles. The van der Waals surface area contributed by atoms with Gasteiger partial charge in [0.1, 0.15) is 0 Å². The summed E-state index contributed by atoms with van der Waals surface area (Å²) in [5.74, 6) is 0. The van der Waals surface area contributed by atoms with Gasteiger partial charge in [-0.1, -0.05) is 23.7 Å². The van der Waals surface area contributed by atoms with E-state index >= 15 is 0 Å². The maximum Gasteiger partial charge on any atom is 0.418 e. The van der Waals surface area contributed by atoms with Crippen molar-refractivity contribution in [2.24, 2.45) is 0 Å².